The lowest BCUT2D eigenvalue weighted by molar-refractivity contribution is -0.147. The quantitative estimate of drug-likeness (QED) is 0.591. The maximum Gasteiger partial charge on any atom is 0.308 e. The van der Waals surface area contributed by atoms with Crippen LogP contribution in [-0.2, 0) is 27.2 Å². The number of carbonyl (C=O) groups is 3. The first-order valence-electron chi connectivity index (χ1n) is 11.9. The van der Waals surface area contributed by atoms with Crippen molar-refractivity contribution in [2.45, 2.75) is 58.3 Å². The van der Waals surface area contributed by atoms with Crippen LogP contribution in [-0.4, -0.2) is 31.4 Å². The van der Waals surface area contributed by atoms with Gasteiger partial charge in [0.25, 0.3) is 5.91 Å². The van der Waals surface area contributed by atoms with E-state index in [1.54, 1.807) is 16.2 Å². The van der Waals surface area contributed by atoms with Gasteiger partial charge in [-0.3, -0.25) is 14.4 Å². The summed E-state index contributed by atoms with van der Waals surface area (Å²) < 4.78 is 4.86. The van der Waals surface area contributed by atoms with E-state index in [0.717, 1.165) is 36.9 Å². The van der Waals surface area contributed by atoms with Crippen LogP contribution in [0.4, 0.5) is 10.7 Å². The van der Waals surface area contributed by atoms with Gasteiger partial charge in [-0.2, -0.15) is 0 Å². The third-order valence-corrected chi connectivity index (χ3v) is 8.09. The number of carbonyl (C=O) groups excluding carboxylic acids is 3. The SMILES string of the molecule is CCN(C(=O)c1c(NC(=O)C2CCC(C(=O)OC)CC2)sc2c1CCCC2)c1ccccc1. The lowest BCUT2D eigenvalue weighted by Crippen LogP contribution is -2.33. The molecule has 0 radical (unpaired) electrons. The minimum absolute atomic E-state index is 0.0475. The molecule has 2 aromatic rings. The first-order chi connectivity index (χ1) is 16.0. The van der Waals surface area contributed by atoms with Crippen LogP contribution in [0.2, 0.25) is 0 Å². The smallest absolute Gasteiger partial charge is 0.308 e. The minimum atomic E-state index is -0.187. The Balaban J connectivity index is 1.56. The number of fused-ring (bicyclic) bond motifs is 1. The molecule has 0 atom stereocenters. The largest absolute Gasteiger partial charge is 0.469 e. The van der Waals surface area contributed by atoms with Crippen LogP contribution in [0, 0.1) is 11.8 Å². The molecular weight excluding hydrogens is 436 g/mol. The molecule has 1 heterocycles. The second-order valence-corrected chi connectivity index (χ2v) is 9.97. The van der Waals surface area contributed by atoms with Crippen molar-refractivity contribution in [2.24, 2.45) is 11.8 Å². The number of para-hydroxylation sites is 1. The number of nitrogens with zero attached hydrogens (tertiary/aromatic N) is 1. The van der Waals surface area contributed by atoms with Gasteiger partial charge in [0, 0.05) is 23.0 Å². The number of thiophene rings is 1. The van der Waals surface area contributed by atoms with Gasteiger partial charge in [-0.15, -0.1) is 11.3 Å². The number of hydrogen-bond acceptors (Lipinski definition) is 5. The molecule has 2 aliphatic rings. The molecule has 0 aliphatic heterocycles. The average molecular weight is 469 g/mol. The van der Waals surface area contributed by atoms with Crippen LogP contribution >= 0.6 is 11.3 Å². The number of anilines is 2. The summed E-state index contributed by atoms with van der Waals surface area (Å²) in [6.45, 7) is 2.53. The molecule has 0 bridgehead atoms. The van der Waals surface area contributed by atoms with Crippen molar-refractivity contribution in [2.75, 3.05) is 23.9 Å². The molecule has 0 saturated heterocycles. The van der Waals surface area contributed by atoms with Crippen LogP contribution in [0.25, 0.3) is 0 Å². The highest BCUT2D eigenvalue weighted by Crippen LogP contribution is 2.40. The van der Waals surface area contributed by atoms with Crippen molar-refractivity contribution >= 4 is 39.8 Å². The Morgan fingerprint density at radius 2 is 1.70 bits per heavy atom. The van der Waals surface area contributed by atoms with Crippen molar-refractivity contribution in [1.29, 1.82) is 0 Å². The molecule has 176 valence electrons. The topological polar surface area (TPSA) is 75.7 Å². The number of amides is 2. The van der Waals surface area contributed by atoms with E-state index in [-0.39, 0.29) is 29.6 Å². The molecule has 2 aliphatic carbocycles. The lowest BCUT2D eigenvalue weighted by atomic mass is 9.81. The molecule has 2 amide bonds. The van der Waals surface area contributed by atoms with Gasteiger partial charge in [-0.25, -0.2) is 0 Å². The van der Waals surface area contributed by atoms with E-state index < -0.39 is 0 Å². The number of rotatable bonds is 6. The molecule has 1 N–H and O–H groups in total. The molecule has 4 rings (SSSR count). The number of nitrogens with one attached hydrogen (secondary N) is 1. The fourth-order valence-electron chi connectivity index (χ4n) is 5.04. The number of aryl methyl sites for hydroxylation is 1. The molecule has 0 unspecified atom stereocenters. The van der Waals surface area contributed by atoms with Gasteiger partial charge in [0.15, 0.2) is 0 Å². The summed E-state index contributed by atoms with van der Waals surface area (Å²) in [7, 11) is 1.41. The first-order valence-corrected chi connectivity index (χ1v) is 12.7. The van der Waals surface area contributed by atoms with Gasteiger partial charge < -0.3 is 15.0 Å². The van der Waals surface area contributed by atoms with Gasteiger partial charge in [0.1, 0.15) is 5.00 Å². The fourth-order valence-corrected chi connectivity index (χ4v) is 6.32. The number of esters is 1. The Bertz CT molecular complexity index is 1010. The molecule has 33 heavy (non-hydrogen) atoms. The van der Waals surface area contributed by atoms with E-state index >= 15 is 0 Å². The normalized spacial score (nSPS) is 19.9. The van der Waals surface area contributed by atoms with Crippen molar-refractivity contribution in [1.82, 2.24) is 0 Å². The van der Waals surface area contributed by atoms with E-state index in [0.29, 0.717) is 42.8 Å². The van der Waals surface area contributed by atoms with E-state index in [4.69, 9.17) is 4.74 Å². The monoisotopic (exact) mass is 468 g/mol. The van der Waals surface area contributed by atoms with E-state index in [1.807, 2.05) is 37.3 Å². The Morgan fingerprint density at radius 3 is 2.36 bits per heavy atom. The van der Waals surface area contributed by atoms with Crippen LogP contribution < -0.4 is 10.2 Å². The van der Waals surface area contributed by atoms with Gasteiger partial charge in [0.05, 0.1) is 18.6 Å². The Morgan fingerprint density at radius 1 is 1.03 bits per heavy atom. The Labute approximate surface area is 199 Å². The Kier molecular flexibility index (Phi) is 7.48. The molecule has 1 saturated carbocycles. The second-order valence-electron chi connectivity index (χ2n) is 8.86. The van der Waals surface area contributed by atoms with Crippen molar-refractivity contribution in [3.05, 3.63) is 46.3 Å². The summed E-state index contributed by atoms with van der Waals surface area (Å²) >= 11 is 1.56. The highest BCUT2D eigenvalue weighted by atomic mass is 32.1. The van der Waals surface area contributed by atoms with E-state index in [2.05, 4.69) is 5.32 Å². The summed E-state index contributed by atoms with van der Waals surface area (Å²) in [5, 5.41) is 3.80. The van der Waals surface area contributed by atoms with Gasteiger partial charge in [-0.05, 0) is 76.0 Å². The molecule has 7 heteroatoms. The third kappa shape index (κ3) is 4.98. The molecule has 1 aromatic heterocycles. The standard InChI is InChI=1S/C26H32N2O4S/c1-3-28(19-9-5-4-6-10-19)25(30)22-20-11-7-8-12-21(20)33-24(22)27-23(29)17-13-15-18(16-14-17)26(31)32-2/h4-6,9-10,17-18H,3,7-8,11-16H2,1-2H3,(H,27,29). The first kappa shape index (κ1) is 23.5. The summed E-state index contributed by atoms with van der Waals surface area (Å²) in [5.74, 6) is -0.548. The van der Waals surface area contributed by atoms with E-state index in [1.165, 1.54) is 12.0 Å². The van der Waals surface area contributed by atoms with Crippen molar-refractivity contribution in [3.63, 3.8) is 0 Å². The number of methoxy groups -OCH3 is 1. The predicted molar refractivity (Wildman–Crippen MR) is 131 cm³/mol. The molecular formula is C26H32N2O4S. The highest BCUT2D eigenvalue weighted by molar-refractivity contribution is 7.17. The summed E-state index contributed by atoms with van der Waals surface area (Å²) in [5.41, 5.74) is 2.63. The zero-order valence-corrected chi connectivity index (χ0v) is 20.2. The Hall–Kier alpha value is -2.67. The molecule has 1 aromatic carbocycles. The van der Waals surface area contributed by atoms with Crippen LogP contribution in [0.15, 0.2) is 30.3 Å². The lowest BCUT2D eigenvalue weighted by Gasteiger charge is -2.26. The van der Waals surface area contributed by atoms with Crippen LogP contribution in [0.5, 0.6) is 0 Å². The molecule has 1 fully saturated rings. The van der Waals surface area contributed by atoms with Crippen LogP contribution in [0.1, 0.15) is 66.2 Å². The van der Waals surface area contributed by atoms with E-state index in [9.17, 15) is 14.4 Å². The molecule has 0 spiro atoms. The third-order valence-electron chi connectivity index (χ3n) is 6.88. The predicted octanol–water partition coefficient (Wildman–Crippen LogP) is 5.21. The van der Waals surface area contributed by atoms with Gasteiger partial charge in [-0.1, -0.05) is 18.2 Å². The summed E-state index contributed by atoms with van der Waals surface area (Å²) in [6, 6.07) is 9.69. The average Bonchev–Trinajstić information content (AvgIpc) is 3.22. The number of ether oxygens (including phenoxy) is 1. The number of benzene rings is 1. The van der Waals surface area contributed by atoms with Crippen molar-refractivity contribution < 1.29 is 19.1 Å². The second kappa shape index (κ2) is 10.5. The maximum atomic E-state index is 13.8. The zero-order chi connectivity index (χ0) is 23.4. The van der Waals surface area contributed by atoms with Crippen molar-refractivity contribution in [3.8, 4) is 0 Å². The van der Waals surface area contributed by atoms with Crippen LogP contribution in [0.3, 0.4) is 0 Å². The minimum Gasteiger partial charge on any atom is -0.469 e. The summed E-state index contributed by atoms with van der Waals surface area (Å²) in [4.78, 5) is 41.8. The highest BCUT2D eigenvalue weighted by Gasteiger charge is 2.33. The fraction of sp³-hybridized carbons (Fsp3) is 0.500. The van der Waals surface area contributed by atoms with Gasteiger partial charge in [0.2, 0.25) is 5.91 Å². The van der Waals surface area contributed by atoms with Gasteiger partial charge >= 0.3 is 5.97 Å². The number of hydrogen-bond donors (Lipinski definition) is 1. The molecule has 6 nitrogen and oxygen atoms in total. The summed E-state index contributed by atoms with van der Waals surface area (Å²) in [6.07, 6.45) is 6.65. The zero-order valence-electron chi connectivity index (χ0n) is 19.4. The maximum absolute atomic E-state index is 13.8.